The number of aliphatic carboxylic acids is 1. The Morgan fingerprint density at radius 3 is 2.76 bits per heavy atom. The van der Waals surface area contributed by atoms with E-state index < -0.39 is 5.97 Å². The quantitative estimate of drug-likeness (QED) is 0.288. The second-order valence-corrected chi connectivity index (χ2v) is 5.85. The Balaban J connectivity index is 2.30. The summed E-state index contributed by atoms with van der Waals surface area (Å²) in [6.45, 7) is 4.45. The van der Waals surface area contributed by atoms with E-state index in [1.54, 1.807) is 6.07 Å². The molecule has 0 radical (unpaired) electrons. The van der Waals surface area contributed by atoms with Crippen molar-refractivity contribution in [2.45, 2.75) is 38.5 Å². The zero-order chi connectivity index (χ0) is 15.6. The van der Waals surface area contributed by atoms with E-state index in [-0.39, 0.29) is 17.0 Å². The lowest BCUT2D eigenvalue weighted by Gasteiger charge is -2.32. The first kappa shape index (κ1) is 15.2. The minimum atomic E-state index is -1.27. The van der Waals surface area contributed by atoms with Crippen molar-refractivity contribution >= 4 is 5.97 Å². The molecule has 2 rings (SSSR count). The number of rotatable bonds is 4. The molecule has 6 N–H and O–H groups in total. The molecule has 114 valence electrons. The fraction of sp³-hybridized carbons (Fsp3) is 0.400. The fourth-order valence-corrected chi connectivity index (χ4v) is 2.77. The van der Waals surface area contributed by atoms with Crippen molar-refractivity contribution in [2.75, 3.05) is 0 Å². The Labute approximate surface area is 123 Å². The van der Waals surface area contributed by atoms with Crippen molar-refractivity contribution < 1.29 is 14.6 Å². The molecule has 0 fully saturated rings. The number of carboxylic acid groups (broad SMARTS) is 1. The minimum Gasteiger partial charge on any atom is -0.476 e. The van der Waals surface area contributed by atoms with Gasteiger partial charge in [0.2, 0.25) is 5.88 Å². The number of hydrogen-bond acceptors (Lipinski definition) is 5. The number of hydrogen-bond donors (Lipinski definition) is 4. The maximum Gasteiger partial charge on any atom is 0.358 e. The number of hydrazine groups is 1. The van der Waals surface area contributed by atoms with E-state index in [0.29, 0.717) is 5.75 Å². The summed E-state index contributed by atoms with van der Waals surface area (Å²) in [6.07, 6.45) is 3.27. The summed E-state index contributed by atoms with van der Waals surface area (Å²) in [5.74, 6) is 4.10. The maximum absolute atomic E-state index is 10.9. The summed E-state index contributed by atoms with van der Waals surface area (Å²) in [6, 6.07) is 5.74. The molecule has 1 aliphatic rings. The van der Waals surface area contributed by atoms with Crippen LogP contribution in [0.3, 0.4) is 0 Å². The lowest BCUT2D eigenvalue weighted by Crippen LogP contribution is -2.31. The number of nitrogens with two attached hydrogens (primary N) is 2. The molecular formula is C15H21N3O3. The zero-order valence-corrected chi connectivity index (χ0v) is 12.3. The van der Waals surface area contributed by atoms with Gasteiger partial charge in [0, 0.05) is 0 Å². The lowest BCUT2D eigenvalue weighted by atomic mass is 9.73. The zero-order valence-electron chi connectivity index (χ0n) is 12.3. The van der Waals surface area contributed by atoms with Crippen molar-refractivity contribution in [2.24, 2.45) is 11.6 Å². The van der Waals surface area contributed by atoms with Gasteiger partial charge in [0.25, 0.3) is 0 Å². The van der Waals surface area contributed by atoms with Crippen LogP contribution in [0.4, 0.5) is 0 Å². The summed E-state index contributed by atoms with van der Waals surface area (Å²) < 4.78 is 5.40. The van der Waals surface area contributed by atoms with Crippen LogP contribution < -0.4 is 21.7 Å². The Bertz CT molecular complexity index is 594. The van der Waals surface area contributed by atoms with Crippen molar-refractivity contribution in [3.8, 4) is 5.75 Å². The lowest BCUT2D eigenvalue weighted by molar-refractivity contribution is -0.133. The highest BCUT2D eigenvalue weighted by molar-refractivity contribution is 5.86. The summed E-state index contributed by atoms with van der Waals surface area (Å²) in [5, 5.41) is 8.92. The minimum absolute atomic E-state index is 0.151. The van der Waals surface area contributed by atoms with Crippen LogP contribution in [-0.4, -0.2) is 11.1 Å². The number of aryl methyl sites for hydroxylation is 1. The molecule has 0 unspecified atom stereocenters. The smallest absolute Gasteiger partial charge is 0.358 e. The molecule has 0 aliphatic heterocycles. The van der Waals surface area contributed by atoms with Gasteiger partial charge in [-0.1, -0.05) is 19.9 Å². The summed E-state index contributed by atoms with van der Waals surface area (Å²) in [4.78, 5) is 10.9. The molecule has 0 saturated heterocycles. The Morgan fingerprint density at radius 1 is 1.43 bits per heavy atom. The molecule has 6 heteroatoms. The molecule has 21 heavy (non-hydrogen) atoms. The first-order valence-corrected chi connectivity index (χ1v) is 6.86. The molecule has 0 bridgehead atoms. The van der Waals surface area contributed by atoms with Crippen LogP contribution in [0, 0.1) is 0 Å². The van der Waals surface area contributed by atoms with E-state index in [0.717, 1.165) is 19.3 Å². The second kappa shape index (κ2) is 5.65. The van der Waals surface area contributed by atoms with Gasteiger partial charge in [0.05, 0.1) is 0 Å². The number of carbonyl (C=O) groups is 1. The first-order valence-electron chi connectivity index (χ1n) is 6.86. The fourth-order valence-electron chi connectivity index (χ4n) is 2.77. The van der Waals surface area contributed by atoms with Gasteiger partial charge in [-0.15, -0.1) is 0 Å². The van der Waals surface area contributed by atoms with Gasteiger partial charge >= 0.3 is 5.97 Å². The van der Waals surface area contributed by atoms with Gasteiger partial charge < -0.3 is 21.0 Å². The molecule has 0 spiro atoms. The normalized spacial score (nSPS) is 17.5. The van der Waals surface area contributed by atoms with E-state index in [2.05, 4.69) is 13.8 Å². The predicted octanol–water partition coefficient (Wildman–Crippen LogP) is 1.36. The maximum atomic E-state index is 10.9. The van der Waals surface area contributed by atoms with Crippen LogP contribution in [0.15, 0.2) is 29.8 Å². The first-order chi connectivity index (χ1) is 9.85. The molecule has 0 heterocycles. The summed E-state index contributed by atoms with van der Waals surface area (Å²) in [7, 11) is 0. The summed E-state index contributed by atoms with van der Waals surface area (Å²) >= 11 is 0. The van der Waals surface area contributed by atoms with Crippen LogP contribution in [0.5, 0.6) is 5.75 Å². The highest BCUT2D eigenvalue weighted by Gasteiger charge is 2.27. The van der Waals surface area contributed by atoms with E-state index in [1.165, 1.54) is 11.1 Å². The van der Waals surface area contributed by atoms with Gasteiger partial charge in [-0.05, 0) is 47.9 Å². The third-order valence-corrected chi connectivity index (χ3v) is 3.89. The number of nitrogens with one attached hydrogen (secondary N) is 1. The molecule has 0 aromatic heterocycles. The van der Waals surface area contributed by atoms with Crippen molar-refractivity contribution in [3.05, 3.63) is 40.9 Å². The van der Waals surface area contributed by atoms with Crippen LogP contribution in [0.25, 0.3) is 0 Å². The molecule has 0 atom stereocenters. The third kappa shape index (κ3) is 3.11. The van der Waals surface area contributed by atoms with Crippen LogP contribution in [0.2, 0.25) is 0 Å². The van der Waals surface area contributed by atoms with Gasteiger partial charge in [-0.25, -0.2) is 4.79 Å². The van der Waals surface area contributed by atoms with Gasteiger partial charge in [-0.3, -0.25) is 5.84 Å². The van der Waals surface area contributed by atoms with E-state index in [4.69, 9.17) is 21.4 Å². The Morgan fingerprint density at radius 2 is 2.14 bits per heavy atom. The van der Waals surface area contributed by atoms with Crippen LogP contribution in [0.1, 0.15) is 37.8 Å². The van der Waals surface area contributed by atoms with Gasteiger partial charge in [0.15, 0.2) is 5.70 Å². The largest absolute Gasteiger partial charge is 0.476 e. The average molecular weight is 291 g/mol. The second-order valence-electron chi connectivity index (χ2n) is 5.85. The van der Waals surface area contributed by atoms with E-state index in [1.807, 2.05) is 17.6 Å². The summed E-state index contributed by atoms with van der Waals surface area (Å²) in [5.41, 5.74) is 9.96. The molecule has 0 saturated carbocycles. The average Bonchev–Trinajstić information content (AvgIpc) is 2.38. The van der Waals surface area contributed by atoms with Crippen LogP contribution in [-0.2, 0) is 16.6 Å². The topological polar surface area (TPSA) is 111 Å². The van der Waals surface area contributed by atoms with Crippen molar-refractivity contribution in [1.82, 2.24) is 5.43 Å². The monoisotopic (exact) mass is 291 g/mol. The number of benzene rings is 1. The standard InChI is InChI=1S/C15H21N3O3/c1-15(2)7-3-4-9-8-10(5-6-11(9)15)21-13(16)12(18-17)14(19)20/h5-6,8,18H,3-4,7,16-17H2,1-2H3,(H,19,20)/b13-12+. The predicted molar refractivity (Wildman–Crippen MR) is 79.2 cm³/mol. The van der Waals surface area contributed by atoms with Gasteiger partial charge in [-0.2, -0.15) is 0 Å². The molecule has 1 aromatic rings. The van der Waals surface area contributed by atoms with Crippen LogP contribution >= 0.6 is 0 Å². The molecule has 6 nitrogen and oxygen atoms in total. The molecule has 1 aromatic carbocycles. The van der Waals surface area contributed by atoms with Gasteiger partial charge in [0.1, 0.15) is 5.75 Å². The van der Waals surface area contributed by atoms with Crippen molar-refractivity contribution in [1.29, 1.82) is 0 Å². The Kier molecular flexibility index (Phi) is 4.09. The highest BCUT2D eigenvalue weighted by atomic mass is 16.5. The van der Waals surface area contributed by atoms with E-state index in [9.17, 15) is 4.79 Å². The van der Waals surface area contributed by atoms with E-state index >= 15 is 0 Å². The number of fused-ring (bicyclic) bond motifs is 1. The molecular weight excluding hydrogens is 270 g/mol. The molecule has 0 amide bonds. The Hall–Kier alpha value is -2.21. The number of carboxylic acids is 1. The third-order valence-electron chi connectivity index (χ3n) is 3.89. The number of ether oxygens (including phenoxy) is 1. The molecule has 1 aliphatic carbocycles. The highest BCUT2D eigenvalue weighted by Crippen LogP contribution is 2.38. The SMILES string of the molecule is CC1(C)CCCc2cc(O/C(N)=C(/NN)C(=O)O)ccc21. The van der Waals surface area contributed by atoms with Crippen molar-refractivity contribution in [3.63, 3.8) is 0 Å².